The van der Waals surface area contributed by atoms with E-state index in [9.17, 15) is 0 Å². The molecule has 0 saturated carbocycles. The normalized spacial score (nSPS) is 40.9. The summed E-state index contributed by atoms with van der Waals surface area (Å²) in [6, 6.07) is 0. The molecule has 3 unspecified atom stereocenters. The van der Waals surface area contributed by atoms with E-state index in [1.807, 2.05) is 0 Å². The molecule has 2 heterocycles. The lowest BCUT2D eigenvalue weighted by atomic mass is 9.91. The molecule has 1 spiro atoms. The van der Waals surface area contributed by atoms with Crippen molar-refractivity contribution >= 4 is 7.92 Å². The quantitative estimate of drug-likeness (QED) is 0.713. The third-order valence-corrected chi connectivity index (χ3v) is 8.24. The average Bonchev–Trinajstić information content (AvgIpc) is 2.71. The second kappa shape index (κ2) is 5.15. The second-order valence-corrected chi connectivity index (χ2v) is 9.23. The highest BCUT2D eigenvalue weighted by atomic mass is 31.1. The number of hydrogen-bond donors (Lipinski definition) is 0. The minimum Gasteiger partial charge on any atom is -0.347 e. The van der Waals surface area contributed by atoms with Gasteiger partial charge in [-0.05, 0) is 23.9 Å². The van der Waals surface area contributed by atoms with Gasteiger partial charge in [-0.25, -0.2) is 0 Å². The van der Waals surface area contributed by atoms with Crippen LogP contribution in [-0.2, 0) is 9.47 Å². The first kappa shape index (κ1) is 13.8. The molecule has 17 heavy (non-hydrogen) atoms. The van der Waals surface area contributed by atoms with Crippen LogP contribution in [0.2, 0.25) is 0 Å². The smallest absolute Gasteiger partial charge is 0.169 e. The fourth-order valence-electron chi connectivity index (χ4n) is 3.44. The molecular weight excluding hydrogens is 231 g/mol. The Morgan fingerprint density at radius 1 is 1.29 bits per heavy atom. The van der Waals surface area contributed by atoms with Crippen LogP contribution in [0.15, 0.2) is 0 Å². The summed E-state index contributed by atoms with van der Waals surface area (Å²) in [6.45, 7) is 11.2. The predicted molar refractivity (Wildman–Crippen MR) is 74.1 cm³/mol. The zero-order chi connectivity index (χ0) is 12.5. The second-order valence-electron chi connectivity index (χ2n) is 6.05. The van der Waals surface area contributed by atoms with Crippen molar-refractivity contribution in [1.82, 2.24) is 0 Å². The number of ether oxygens (including phenoxy) is 2. The van der Waals surface area contributed by atoms with Crippen molar-refractivity contribution in [3.8, 4) is 0 Å². The molecule has 3 heteroatoms. The van der Waals surface area contributed by atoms with Crippen molar-refractivity contribution in [2.45, 2.75) is 69.5 Å². The van der Waals surface area contributed by atoms with Crippen LogP contribution in [0.25, 0.3) is 0 Å². The molecule has 2 nitrogen and oxygen atoms in total. The van der Waals surface area contributed by atoms with E-state index >= 15 is 0 Å². The van der Waals surface area contributed by atoms with E-state index < -0.39 is 0 Å². The van der Waals surface area contributed by atoms with E-state index in [2.05, 4.69) is 27.4 Å². The van der Waals surface area contributed by atoms with Crippen LogP contribution in [0, 0.1) is 0 Å². The first-order valence-corrected chi connectivity index (χ1v) is 8.88. The van der Waals surface area contributed by atoms with Gasteiger partial charge in [-0.3, -0.25) is 0 Å². The van der Waals surface area contributed by atoms with Gasteiger partial charge in [-0.1, -0.05) is 33.6 Å². The molecule has 2 rings (SSSR count). The summed E-state index contributed by atoms with van der Waals surface area (Å²) in [4.78, 5) is 0. The molecule has 0 aromatic heterocycles. The lowest BCUT2D eigenvalue weighted by molar-refractivity contribution is -0.174. The summed E-state index contributed by atoms with van der Waals surface area (Å²) in [5, 5.41) is 0.452. The maximum Gasteiger partial charge on any atom is 0.169 e. The standard InChI is InChI=1S/C14H27O2P/c1-5-6-7-13(3)11-14(15-8-9-16-14)10-12(2)17(13)4/h12H,5-11H2,1-4H3. The predicted octanol–water partition coefficient (Wildman–Crippen LogP) is 3.97. The molecule has 2 fully saturated rings. The Hall–Kier alpha value is 0.350. The molecule has 0 amide bonds. The highest BCUT2D eigenvalue weighted by Crippen LogP contribution is 2.63. The first-order valence-electron chi connectivity index (χ1n) is 7.02. The highest BCUT2D eigenvalue weighted by Gasteiger charge is 2.51. The van der Waals surface area contributed by atoms with Gasteiger partial charge >= 0.3 is 0 Å². The molecular formula is C14H27O2P. The van der Waals surface area contributed by atoms with E-state index in [1.165, 1.54) is 19.3 Å². The minimum atomic E-state index is -0.225. The van der Waals surface area contributed by atoms with Crippen molar-refractivity contribution in [3.63, 3.8) is 0 Å². The molecule has 0 radical (unpaired) electrons. The maximum atomic E-state index is 5.96. The van der Waals surface area contributed by atoms with E-state index in [-0.39, 0.29) is 13.7 Å². The van der Waals surface area contributed by atoms with Gasteiger partial charge in [0.2, 0.25) is 0 Å². The molecule has 0 aromatic carbocycles. The largest absolute Gasteiger partial charge is 0.347 e. The third-order valence-electron chi connectivity index (χ3n) is 4.65. The lowest BCUT2D eigenvalue weighted by Crippen LogP contribution is -2.47. The zero-order valence-electron chi connectivity index (χ0n) is 11.8. The molecule has 0 N–H and O–H groups in total. The Morgan fingerprint density at radius 3 is 2.53 bits per heavy atom. The van der Waals surface area contributed by atoms with Gasteiger partial charge in [0.25, 0.3) is 0 Å². The van der Waals surface area contributed by atoms with Gasteiger partial charge in [0.15, 0.2) is 5.79 Å². The Labute approximate surface area is 107 Å². The Kier molecular flexibility index (Phi) is 4.17. The number of hydrogen-bond acceptors (Lipinski definition) is 2. The zero-order valence-corrected chi connectivity index (χ0v) is 12.7. The van der Waals surface area contributed by atoms with E-state index in [1.54, 1.807) is 0 Å². The minimum absolute atomic E-state index is 0.0880. The molecule has 3 atom stereocenters. The van der Waals surface area contributed by atoms with E-state index in [0.29, 0.717) is 5.16 Å². The van der Waals surface area contributed by atoms with Crippen LogP contribution in [-0.4, -0.2) is 36.5 Å². The van der Waals surface area contributed by atoms with Gasteiger partial charge in [-0.15, -0.1) is 7.92 Å². The summed E-state index contributed by atoms with van der Waals surface area (Å²) in [6.07, 6.45) is 6.20. The van der Waals surface area contributed by atoms with Crippen LogP contribution >= 0.6 is 7.92 Å². The summed E-state index contributed by atoms with van der Waals surface area (Å²) in [5.41, 5.74) is 0.763. The summed E-state index contributed by atoms with van der Waals surface area (Å²) in [7, 11) is 0.0880. The van der Waals surface area contributed by atoms with Crippen LogP contribution in [0.4, 0.5) is 0 Å². The fraction of sp³-hybridized carbons (Fsp3) is 1.00. The topological polar surface area (TPSA) is 18.5 Å². The van der Waals surface area contributed by atoms with Gasteiger partial charge in [-0.2, -0.15) is 0 Å². The van der Waals surface area contributed by atoms with Crippen molar-refractivity contribution < 1.29 is 9.47 Å². The number of rotatable bonds is 3. The van der Waals surface area contributed by atoms with Crippen molar-refractivity contribution in [2.24, 2.45) is 0 Å². The van der Waals surface area contributed by atoms with Crippen LogP contribution in [0.5, 0.6) is 0 Å². The van der Waals surface area contributed by atoms with Crippen LogP contribution in [0.3, 0.4) is 0 Å². The summed E-state index contributed by atoms with van der Waals surface area (Å²) < 4.78 is 11.9. The Balaban J connectivity index is 2.12. The van der Waals surface area contributed by atoms with Gasteiger partial charge in [0.05, 0.1) is 13.2 Å². The van der Waals surface area contributed by atoms with Gasteiger partial charge in [0.1, 0.15) is 0 Å². The molecule has 0 bridgehead atoms. The lowest BCUT2D eigenvalue weighted by Gasteiger charge is -2.50. The van der Waals surface area contributed by atoms with E-state index in [0.717, 1.165) is 31.7 Å². The highest BCUT2D eigenvalue weighted by molar-refractivity contribution is 7.59. The molecule has 2 aliphatic heterocycles. The summed E-state index contributed by atoms with van der Waals surface area (Å²) >= 11 is 0. The van der Waals surface area contributed by atoms with Gasteiger partial charge < -0.3 is 9.47 Å². The summed E-state index contributed by atoms with van der Waals surface area (Å²) in [5.74, 6) is -0.225. The number of unbranched alkanes of at least 4 members (excludes halogenated alkanes) is 1. The van der Waals surface area contributed by atoms with Crippen molar-refractivity contribution in [3.05, 3.63) is 0 Å². The van der Waals surface area contributed by atoms with Crippen molar-refractivity contribution in [2.75, 3.05) is 19.9 Å². The molecule has 100 valence electrons. The Morgan fingerprint density at radius 2 is 1.94 bits per heavy atom. The van der Waals surface area contributed by atoms with Crippen molar-refractivity contribution in [1.29, 1.82) is 0 Å². The van der Waals surface area contributed by atoms with Crippen LogP contribution < -0.4 is 0 Å². The molecule has 2 aliphatic rings. The van der Waals surface area contributed by atoms with E-state index in [4.69, 9.17) is 9.47 Å². The molecule has 0 aromatic rings. The fourth-order valence-corrected chi connectivity index (χ4v) is 6.05. The first-order chi connectivity index (χ1) is 8.01. The van der Waals surface area contributed by atoms with Crippen LogP contribution in [0.1, 0.15) is 52.9 Å². The third kappa shape index (κ3) is 2.69. The maximum absolute atomic E-state index is 5.96. The average molecular weight is 258 g/mol. The molecule has 2 saturated heterocycles. The Bertz CT molecular complexity index is 263. The molecule has 0 aliphatic carbocycles. The SMILES string of the molecule is CCCCC1(C)CC2(CC(C)P1C)OCCO2. The monoisotopic (exact) mass is 258 g/mol. The van der Waals surface area contributed by atoms with Gasteiger partial charge in [0, 0.05) is 12.8 Å².